The number of piperazine rings is 1. The maximum Gasteiger partial charge on any atom is 0.243 e. The molecule has 1 aromatic rings. The van der Waals surface area contributed by atoms with Crippen molar-refractivity contribution in [1.29, 1.82) is 0 Å². The maximum atomic E-state index is 12.9. The molecule has 1 amide bonds. The largest absolute Gasteiger partial charge is 0.355 e. The molecule has 1 aliphatic rings. The van der Waals surface area contributed by atoms with E-state index in [9.17, 15) is 13.2 Å². The van der Waals surface area contributed by atoms with Crippen molar-refractivity contribution < 1.29 is 13.2 Å². The summed E-state index contributed by atoms with van der Waals surface area (Å²) >= 11 is 0. The molecule has 0 saturated carbocycles. The molecule has 1 N–H and O–H groups in total. The Hall–Kier alpha value is -1.44. The molecule has 1 heterocycles. The van der Waals surface area contributed by atoms with Gasteiger partial charge in [-0.25, -0.2) is 8.42 Å². The number of rotatable bonds is 6. The minimum absolute atomic E-state index is 0.00206. The summed E-state index contributed by atoms with van der Waals surface area (Å²) in [6, 6.07) is 7.17. The van der Waals surface area contributed by atoms with Crippen LogP contribution >= 0.6 is 0 Å². The fraction of sp³-hybridized carbons (Fsp3) is 0.650. The van der Waals surface area contributed by atoms with Gasteiger partial charge in [0.15, 0.2) is 0 Å². The maximum absolute atomic E-state index is 12.9. The van der Waals surface area contributed by atoms with Gasteiger partial charge >= 0.3 is 0 Å². The number of carbonyl (C=O) groups excluding carboxylic acids is 1. The highest BCUT2D eigenvalue weighted by molar-refractivity contribution is 7.89. The van der Waals surface area contributed by atoms with E-state index in [0.717, 1.165) is 5.56 Å². The van der Waals surface area contributed by atoms with Gasteiger partial charge in [-0.2, -0.15) is 4.31 Å². The molecule has 0 bridgehead atoms. The first-order chi connectivity index (χ1) is 12.5. The van der Waals surface area contributed by atoms with Gasteiger partial charge in [-0.05, 0) is 29.0 Å². The summed E-state index contributed by atoms with van der Waals surface area (Å²) in [6.45, 7) is 13.3. The predicted octanol–water partition coefficient (Wildman–Crippen LogP) is 2.06. The molecule has 0 atom stereocenters. The van der Waals surface area contributed by atoms with Crippen molar-refractivity contribution in [2.75, 3.05) is 39.3 Å². The van der Waals surface area contributed by atoms with Crippen LogP contribution in [0.4, 0.5) is 0 Å². The van der Waals surface area contributed by atoms with Crippen LogP contribution in [0.2, 0.25) is 0 Å². The summed E-state index contributed by atoms with van der Waals surface area (Å²) in [7, 11) is -3.49. The molecule has 2 rings (SSSR count). The normalized spacial score (nSPS) is 17.3. The van der Waals surface area contributed by atoms with E-state index >= 15 is 0 Å². The molecule has 0 aliphatic carbocycles. The van der Waals surface area contributed by atoms with Gasteiger partial charge in [0.1, 0.15) is 0 Å². The van der Waals surface area contributed by atoms with Crippen molar-refractivity contribution in [2.24, 2.45) is 5.92 Å². The van der Waals surface area contributed by atoms with Crippen LogP contribution in [-0.2, 0) is 20.2 Å². The molecule has 1 saturated heterocycles. The second-order valence-corrected chi connectivity index (χ2v) is 10.6. The highest BCUT2D eigenvalue weighted by Gasteiger charge is 2.29. The Balaban J connectivity index is 1.93. The number of hydrogen-bond donors (Lipinski definition) is 1. The van der Waals surface area contributed by atoms with Crippen LogP contribution in [-0.4, -0.2) is 62.8 Å². The zero-order valence-electron chi connectivity index (χ0n) is 17.2. The lowest BCUT2D eigenvalue weighted by molar-refractivity contribution is -0.122. The van der Waals surface area contributed by atoms with E-state index in [1.165, 1.54) is 4.31 Å². The Morgan fingerprint density at radius 3 is 2.11 bits per heavy atom. The third-order valence-electron chi connectivity index (χ3n) is 4.76. The topological polar surface area (TPSA) is 69.7 Å². The quantitative estimate of drug-likeness (QED) is 0.800. The van der Waals surface area contributed by atoms with Gasteiger partial charge in [0.2, 0.25) is 15.9 Å². The number of nitrogens with one attached hydrogen (secondary N) is 1. The van der Waals surface area contributed by atoms with E-state index in [2.05, 4.69) is 39.9 Å². The second-order valence-electron chi connectivity index (χ2n) is 8.65. The summed E-state index contributed by atoms with van der Waals surface area (Å²) < 4.78 is 27.3. The number of amides is 1. The molecule has 152 valence electrons. The van der Waals surface area contributed by atoms with Gasteiger partial charge in [0, 0.05) is 32.7 Å². The second kappa shape index (κ2) is 8.71. The first-order valence-electron chi connectivity index (χ1n) is 9.60. The minimum atomic E-state index is -3.49. The van der Waals surface area contributed by atoms with Crippen molar-refractivity contribution in [1.82, 2.24) is 14.5 Å². The molecular weight excluding hydrogens is 362 g/mol. The van der Waals surface area contributed by atoms with Crippen LogP contribution in [0.1, 0.15) is 40.2 Å². The minimum Gasteiger partial charge on any atom is -0.355 e. The zero-order valence-corrected chi connectivity index (χ0v) is 18.0. The standard InChI is InChI=1S/C20H33N3O3S/c1-16(2)14-21-19(24)15-22-10-12-23(13-11-22)27(25,26)18-8-6-17(7-9-18)20(3,4)5/h6-9,16H,10-15H2,1-5H3,(H,21,24). The zero-order chi connectivity index (χ0) is 20.2. The number of carbonyl (C=O) groups is 1. The summed E-state index contributed by atoms with van der Waals surface area (Å²) in [5, 5.41) is 2.90. The van der Waals surface area contributed by atoms with Gasteiger partial charge in [-0.15, -0.1) is 0 Å². The molecule has 0 unspecified atom stereocenters. The van der Waals surface area contributed by atoms with E-state index in [1.54, 1.807) is 12.1 Å². The van der Waals surface area contributed by atoms with Crippen molar-refractivity contribution in [3.05, 3.63) is 29.8 Å². The van der Waals surface area contributed by atoms with E-state index < -0.39 is 10.0 Å². The molecule has 1 fully saturated rings. The first kappa shape index (κ1) is 21.9. The monoisotopic (exact) mass is 395 g/mol. The van der Waals surface area contributed by atoms with Crippen LogP contribution < -0.4 is 5.32 Å². The average Bonchev–Trinajstić information content (AvgIpc) is 2.60. The Morgan fingerprint density at radius 2 is 1.63 bits per heavy atom. The molecule has 1 aliphatic heterocycles. The molecule has 6 nitrogen and oxygen atoms in total. The van der Waals surface area contributed by atoms with Crippen LogP contribution in [0.15, 0.2) is 29.2 Å². The van der Waals surface area contributed by atoms with Gasteiger partial charge in [-0.1, -0.05) is 46.8 Å². The Kier molecular flexibility index (Phi) is 7.05. The predicted molar refractivity (Wildman–Crippen MR) is 108 cm³/mol. The lowest BCUT2D eigenvalue weighted by atomic mass is 9.87. The fourth-order valence-electron chi connectivity index (χ4n) is 2.98. The van der Waals surface area contributed by atoms with E-state index in [-0.39, 0.29) is 11.3 Å². The Bertz CT molecular complexity index is 729. The van der Waals surface area contributed by atoms with Crippen LogP contribution in [0.3, 0.4) is 0 Å². The van der Waals surface area contributed by atoms with Gasteiger partial charge in [0.25, 0.3) is 0 Å². The Morgan fingerprint density at radius 1 is 1.07 bits per heavy atom. The van der Waals surface area contributed by atoms with Gasteiger partial charge in [0.05, 0.1) is 11.4 Å². The van der Waals surface area contributed by atoms with Crippen molar-refractivity contribution >= 4 is 15.9 Å². The van der Waals surface area contributed by atoms with E-state index in [4.69, 9.17) is 0 Å². The highest BCUT2D eigenvalue weighted by atomic mass is 32.2. The fourth-order valence-corrected chi connectivity index (χ4v) is 4.40. The summed E-state index contributed by atoms with van der Waals surface area (Å²) in [5.41, 5.74) is 1.10. The molecule has 27 heavy (non-hydrogen) atoms. The van der Waals surface area contributed by atoms with Crippen molar-refractivity contribution in [3.63, 3.8) is 0 Å². The first-order valence-corrected chi connectivity index (χ1v) is 11.0. The van der Waals surface area contributed by atoms with Gasteiger partial charge in [-0.3, -0.25) is 9.69 Å². The summed E-state index contributed by atoms with van der Waals surface area (Å²) in [5.74, 6) is 0.415. The highest BCUT2D eigenvalue weighted by Crippen LogP contribution is 2.25. The molecule has 0 spiro atoms. The lowest BCUT2D eigenvalue weighted by Gasteiger charge is -2.33. The average molecular weight is 396 g/mol. The molecule has 0 radical (unpaired) electrons. The number of benzene rings is 1. The number of sulfonamides is 1. The number of hydrogen-bond acceptors (Lipinski definition) is 4. The smallest absolute Gasteiger partial charge is 0.243 e. The molecule has 1 aromatic carbocycles. The number of nitrogens with zero attached hydrogens (tertiary/aromatic N) is 2. The van der Waals surface area contributed by atoms with Crippen LogP contribution in [0.25, 0.3) is 0 Å². The van der Waals surface area contributed by atoms with E-state index in [1.807, 2.05) is 17.0 Å². The molecule has 7 heteroatoms. The molecular formula is C20H33N3O3S. The third kappa shape index (κ3) is 6.02. The Labute approximate surface area is 164 Å². The third-order valence-corrected chi connectivity index (χ3v) is 6.68. The SMILES string of the molecule is CC(C)CNC(=O)CN1CCN(S(=O)(=O)c2ccc(C(C)(C)C)cc2)CC1. The van der Waals surface area contributed by atoms with Crippen molar-refractivity contribution in [3.8, 4) is 0 Å². The van der Waals surface area contributed by atoms with Gasteiger partial charge < -0.3 is 5.32 Å². The lowest BCUT2D eigenvalue weighted by Crippen LogP contribution is -2.51. The van der Waals surface area contributed by atoms with E-state index in [0.29, 0.717) is 50.1 Å². The summed E-state index contributed by atoms with van der Waals surface area (Å²) in [6.07, 6.45) is 0. The van der Waals surface area contributed by atoms with Crippen LogP contribution in [0.5, 0.6) is 0 Å². The summed E-state index contributed by atoms with van der Waals surface area (Å²) in [4.78, 5) is 14.3. The van der Waals surface area contributed by atoms with Crippen molar-refractivity contribution in [2.45, 2.75) is 44.9 Å². The van der Waals surface area contributed by atoms with Crippen LogP contribution in [0, 0.1) is 5.92 Å². The molecule has 0 aromatic heterocycles.